The van der Waals surface area contributed by atoms with Crippen molar-refractivity contribution in [1.82, 2.24) is 10.6 Å². The smallest absolute Gasteiger partial charge is 0.408 e. The highest BCUT2D eigenvalue weighted by Gasteiger charge is 2.78. The van der Waals surface area contributed by atoms with Crippen LogP contribution in [-0.4, -0.2) is 209 Å². The highest BCUT2D eigenvalue weighted by Crippen LogP contribution is 2.68. The zero-order valence-electron chi connectivity index (χ0n) is 68.8. The number of hydrogen-bond acceptors (Lipinski definition) is 26. The number of ether oxygens (including phenoxy) is 9. The van der Waals surface area contributed by atoms with Gasteiger partial charge in [-0.1, -0.05) is 139 Å². The number of Topliss-reactive ketones (excluding diaryl/α,β-unsaturated/α-hetero) is 2. The number of carbonyl (C=O) groups is 10. The van der Waals surface area contributed by atoms with Gasteiger partial charge < -0.3 is 94.1 Å². The second-order valence-corrected chi connectivity index (χ2v) is 36.4. The molecule has 6 fully saturated rings. The summed E-state index contributed by atoms with van der Waals surface area (Å²) >= 11 is 0. The minimum atomic E-state index is -2.26. The van der Waals surface area contributed by atoms with Crippen molar-refractivity contribution in [2.24, 2.45) is 44.3 Å². The predicted molar refractivity (Wildman–Crippen MR) is 415 cm³/mol. The molecule has 29 heteroatoms. The summed E-state index contributed by atoms with van der Waals surface area (Å²) in [7, 11) is 0. The van der Waals surface area contributed by atoms with Gasteiger partial charge in [0.15, 0.2) is 17.7 Å². The maximum atomic E-state index is 15.0. The molecule has 2 aliphatic heterocycles. The van der Waals surface area contributed by atoms with Gasteiger partial charge in [0.25, 0.3) is 0 Å². The first kappa shape index (κ1) is 88.5. The number of hydrogen-bond donors (Lipinski definition) is 10. The van der Waals surface area contributed by atoms with E-state index in [1.54, 1.807) is 192 Å². The number of fused-ring (bicyclic) bond motifs is 10. The standard InChI is InChI=1S/C46H57NO15.C42H53NO12/c1-24-27(59-40(55)35(60-31(51)20-19-30(49)50)33(25-15-11-9-12-16-25)47-41(56)62-42(2,3)4)22-46(57)38(61-39(54)26-17-13-10-14-18-26)36-44(7)23-58-29(44)21-28(48)45(36,8)37(53)34(52)32(24)43(46,5)6;1-22-25(53-36(49)31(46)29(23-15-11-9-12-16-23)43-37(50)55-38(2,3)4)20-42(51)34(54-35(48)24-17-13-10-14-18-24)32-40(7)21-52-27(40)19-26(44)41(32,8)33(47)30(45)28(22)39(42,5)6/h9-18,27-29,33-36,38,48,52,57H,19-23H2,1-8H3,(H,47,56)(H,49,50);9-18,25-27,29-32,34,44-46,51H,19-21H2,1-8H3,(H,43,50)/t27-,28-,29+,33-,34+,35+,36+,38-,44+,45+,46+;25-,26-,27+,29-,30+,31+,32+,34-,40+,41+,42+/m00/s1. The first-order valence-electron chi connectivity index (χ1n) is 39.5. The topological polar surface area (TPSA) is 440 Å². The molecule has 4 saturated carbocycles. The molecule has 2 amide bonds. The Hall–Kier alpha value is -9.30. The van der Waals surface area contributed by atoms with Crippen LogP contribution in [-0.2, 0) is 71.4 Å². The van der Waals surface area contributed by atoms with Crippen LogP contribution in [0.2, 0.25) is 0 Å². The Labute approximate surface area is 679 Å². The van der Waals surface area contributed by atoms with E-state index in [0.717, 1.165) is 0 Å². The monoisotopic (exact) mass is 1630 g/mol. The number of aliphatic hydroxyl groups is 7. The van der Waals surface area contributed by atoms with Crippen molar-refractivity contribution in [1.29, 1.82) is 0 Å². The van der Waals surface area contributed by atoms with Gasteiger partial charge in [-0.2, -0.15) is 0 Å². The largest absolute Gasteiger partial charge is 0.481 e. The molecule has 2 saturated heterocycles. The number of amides is 2. The first-order chi connectivity index (χ1) is 54.4. The second-order valence-electron chi connectivity index (χ2n) is 36.4. The number of alkyl carbamates (subject to hydrolysis) is 2. The fourth-order valence-electron chi connectivity index (χ4n) is 19.6. The number of carbonyl (C=O) groups excluding carboxylic acids is 9. The van der Waals surface area contributed by atoms with E-state index in [1.807, 2.05) is 13.8 Å². The number of ketones is 2. The fraction of sp³-hybridized carbons (Fsp3) is 0.568. The number of esters is 5. The maximum Gasteiger partial charge on any atom is 0.408 e. The molecule has 0 radical (unpaired) electrons. The van der Waals surface area contributed by atoms with Crippen LogP contribution in [0.5, 0.6) is 0 Å². The molecule has 2 heterocycles. The summed E-state index contributed by atoms with van der Waals surface area (Å²) in [5, 5.41) is 101. The lowest BCUT2D eigenvalue weighted by Crippen LogP contribution is -2.77. The summed E-state index contributed by atoms with van der Waals surface area (Å²) in [6, 6.07) is 29.6. The molecular weight excluding hydrogens is 1520 g/mol. The Kier molecular flexibility index (Phi) is 24.5. The lowest BCUT2D eigenvalue weighted by Gasteiger charge is -2.68. The van der Waals surface area contributed by atoms with E-state index in [-0.39, 0.29) is 71.5 Å². The van der Waals surface area contributed by atoms with Crippen molar-refractivity contribution in [3.8, 4) is 0 Å². The van der Waals surface area contributed by atoms with E-state index >= 15 is 0 Å². The average Bonchev–Trinajstić information content (AvgIpc) is 0.677. The predicted octanol–water partition coefficient (Wildman–Crippen LogP) is 8.34. The van der Waals surface area contributed by atoms with Gasteiger partial charge in [0.1, 0.15) is 65.1 Å². The van der Waals surface area contributed by atoms with Crippen LogP contribution in [0, 0.1) is 44.3 Å². The lowest BCUT2D eigenvalue weighted by atomic mass is 9.42. The van der Waals surface area contributed by atoms with Gasteiger partial charge >= 0.3 is 48.0 Å². The quantitative estimate of drug-likeness (QED) is 0.0254. The van der Waals surface area contributed by atoms with Gasteiger partial charge in [-0.25, -0.2) is 28.8 Å². The molecule has 117 heavy (non-hydrogen) atoms. The van der Waals surface area contributed by atoms with E-state index in [2.05, 4.69) is 10.6 Å². The first-order valence-corrected chi connectivity index (χ1v) is 39.5. The summed E-state index contributed by atoms with van der Waals surface area (Å²) in [6.07, 6.45) is -21.6. The van der Waals surface area contributed by atoms with Crippen molar-refractivity contribution < 1.29 is 131 Å². The molecule has 634 valence electrons. The number of carboxylic acid groups (broad SMARTS) is 1. The van der Waals surface area contributed by atoms with Gasteiger partial charge in [0.05, 0.1) is 78.5 Å². The molecule has 0 spiro atoms. The molecule has 10 N–H and O–H groups in total. The van der Waals surface area contributed by atoms with Crippen molar-refractivity contribution in [3.63, 3.8) is 0 Å². The number of aliphatic carboxylic acids is 1. The molecule has 12 rings (SSSR count). The van der Waals surface area contributed by atoms with E-state index < -0.39 is 231 Å². The normalized spacial score (nSPS) is 33.5. The SMILES string of the molecule is CC1=C2[C@@H](O)C(=O)[C@@]3(C)[C@H]([C@H](OC(=O)c4ccccc4)[C@](O)(C[C@@H]1OC(=O)[C@H](O)[C@@H](NC(=O)OC(C)(C)C)c1ccccc1)C2(C)C)[C@]1(C)CO[C@@H]1C[C@@H]3O.CC1=C2[C@@H](O)C(=O)[C@@]3(C)[C@H]([C@H](OC(=O)c4ccccc4)[C@](O)(C[C@@H]1OC(=O)[C@H](OC(=O)CCC(=O)O)[C@@H](NC(=O)OC(C)(C)C)c1ccccc1)C2(C)C)[C@]1(C)CO[C@@H]1C[C@@H]3O. The number of rotatable bonds is 18. The summed E-state index contributed by atoms with van der Waals surface area (Å²) in [5.74, 6) is -10.3. The van der Waals surface area contributed by atoms with E-state index in [4.69, 9.17) is 42.6 Å². The Bertz CT molecular complexity index is 4540. The van der Waals surface area contributed by atoms with Crippen molar-refractivity contribution >= 4 is 59.6 Å². The number of carboxylic acids is 1. The third-order valence-electron chi connectivity index (χ3n) is 26.2. The van der Waals surface area contributed by atoms with Crippen molar-refractivity contribution in [3.05, 3.63) is 166 Å². The minimum absolute atomic E-state index is 0.0356. The number of aliphatic hydroxyl groups excluding tert-OH is 5. The molecule has 29 nitrogen and oxygen atoms in total. The zero-order valence-corrected chi connectivity index (χ0v) is 68.8. The van der Waals surface area contributed by atoms with Crippen molar-refractivity contribution in [2.45, 2.75) is 257 Å². The third-order valence-corrected chi connectivity index (χ3v) is 26.2. The van der Waals surface area contributed by atoms with Gasteiger partial charge in [-0.3, -0.25) is 19.2 Å². The fourth-order valence-corrected chi connectivity index (χ4v) is 19.6. The second kappa shape index (κ2) is 32.4. The summed E-state index contributed by atoms with van der Waals surface area (Å²) in [4.78, 5) is 138. The minimum Gasteiger partial charge on any atom is -0.481 e. The van der Waals surface area contributed by atoms with Crippen LogP contribution in [0.25, 0.3) is 0 Å². The van der Waals surface area contributed by atoms with Crippen molar-refractivity contribution in [2.75, 3.05) is 13.2 Å². The third kappa shape index (κ3) is 16.1. The molecule has 4 aromatic carbocycles. The van der Waals surface area contributed by atoms with Crippen LogP contribution in [0.1, 0.15) is 193 Å². The van der Waals surface area contributed by atoms with Crippen LogP contribution >= 0.6 is 0 Å². The van der Waals surface area contributed by atoms with Crippen LogP contribution < -0.4 is 10.6 Å². The molecule has 8 aliphatic rings. The Balaban J connectivity index is 0.000000231. The van der Waals surface area contributed by atoms with Crippen LogP contribution in [0.15, 0.2) is 144 Å². The Morgan fingerprint density at radius 1 is 0.504 bits per heavy atom. The van der Waals surface area contributed by atoms with Gasteiger partial charge in [-0.05, 0) is 127 Å². The highest BCUT2D eigenvalue weighted by molar-refractivity contribution is 5.95. The molecule has 0 unspecified atom stereocenters. The van der Waals surface area contributed by atoms with Gasteiger partial charge in [0.2, 0.25) is 6.10 Å². The molecular formula is C88H110N2O27. The Morgan fingerprint density at radius 2 is 0.855 bits per heavy atom. The maximum absolute atomic E-state index is 15.0. The molecule has 4 aromatic rings. The molecule has 6 aliphatic carbocycles. The van der Waals surface area contributed by atoms with Gasteiger partial charge in [0, 0.05) is 59.2 Å². The van der Waals surface area contributed by atoms with E-state index in [0.29, 0.717) is 5.56 Å². The Morgan fingerprint density at radius 3 is 1.21 bits per heavy atom. The number of benzene rings is 4. The summed E-state index contributed by atoms with van der Waals surface area (Å²) < 4.78 is 53.3. The molecule has 4 bridgehead atoms. The molecule has 22 atom stereocenters. The highest BCUT2D eigenvalue weighted by atomic mass is 16.6. The van der Waals surface area contributed by atoms with Gasteiger partial charge in [-0.15, -0.1) is 0 Å². The van der Waals surface area contributed by atoms with Crippen LogP contribution in [0.4, 0.5) is 9.59 Å². The van der Waals surface area contributed by atoms with E-state index in [1.165, 1.54) is 26.0 Å². The van der Waals surface area contributed by atoms with Crippen LogP contribution in [0.3, 0.4) is 0 Å². The average molecular weight is 1630 g/mol. The lowest BCUT2D eigenvalue weighted by molar-refractivity contribution is -0.313. The summed E-state index contributed by atoms with van der Waals surface area (Å²) in [6.45, 7) is 26.3. The zero-order chi connectivity index (χ0) is 86.2. The molecule has 0 aromatic heterocycles. The number of nitrogens with one attached hydrogen (secondary N) is 2. The van der Waals surface area contributed by atoms with E-state index in [9.17, 15) is 88.8 Å². The summed E-state index contributed by atoms with van der Waals surface area (Å²) in [5.41, 5.74) is -13.4.